The molecule has 0 aliphatic heterocycles. The van der Waals surface area contributed by atoms with Crippen molar-refractivity contribution in [2.45, 2.75) is 33.4 Å². The number of aliphatic imine (C=N–C) groups is 1. The zero-order valence-corrected chi connectivity index (χ0v) is 19.5. The summed E-state index contributed by atoms with van der Waals surface area (Å²) in [5.41, 5.74) is 1.67. The molecule has 0 saturated carbocycles. The summed E-state index contributed by atoms with van der Waals surface area (Å²) >= 11 is 13.6. The van der Waals surface area contributed by atoms with Crippen LogP contribution in [-0.2, 0) is 6.54 Å². The van der Waals surface area contributed by atoms with Gasteiger partial charge in [0.1, 0.15) is 0 Å². The van der Waals surface area contributed by atoms with Gasteiger partial charge >= 0.3 is 0 Å². The maximum atomic E-state index is 10.3. The van der Waals surface area contributed by atoms with Crippen molar-refractivity contribution in [3.8, 4) is 0 Å². The van der Waals surface area contributed by atoms with Crippen LogP contribution in [0.1, 0.15) is 34.2 Å². The van der Waals surface area contributed by atoms with Crippen molar-refractivity contribution < 1.29 is 5.11 Å². The molecule has 2 rings (SSSR count). The molecule has 0 amide bonds. The number of halogens is 3. The number of guanidine groups is 1. The molecule has 0 aliphatic carbocycles. The molecule has 1 unspecified atom stereocenters. The number of rotatable bonds is 6. The lowest BCUT2D eigenvalue weighted by Crippen LogP contribution is -2.39. The average molecular weight is 529 g/mol. The Kier molecular flexibility index (Phi) is 10.2. The maximum Gasteiger partial charge on any atom is 0.191 e. The molecule has 3 N–H and O–H groups in total. The van der Waals surface area contributed by atoms with E-state index in [-0.39, 0.29) is 24.0 Å². The van der Waals surface area contributed by atoms with Gasteiger partial charge in [-0.2, -0.15) is 0 Å². The Morgan fingerprint density at radius 2 is 1.88 bits per heavy atom. The molecule has 0 fully saturated rings. The van der Waals surface area contributed by atoms with Crippen molar-refractivity contribution in [2.75, 3.05) is 13.1 Å². The Morgan fingerprint density at radius 3 is 2.42 bits per heavy atom. The molecule has 144 valence electrons. The van der Waals surface area contributed by atoms with E-state index in [2.05, 4.69) is 20.6 Å². The summed E-state index contributed by atoms with van der Waals surface area (Å²) in [4.78, 5) is 10.1. The fourth-order valence-electron chi connectivity index (χ4n) is 2.29. The Balaban J connectivity index is 0.00000338. The van der Waals surface area contributed by atoms with Crippen LogP contribution in [0.15, 0.2) is 23.2 Å². The van der Waals surface area contributed by atoms with Crippen molar-refractivity contribution >= 4 is 64.5 Å². The molecule has 0 radical (unpaired) electrons. The number of nitrogens with one attached hydrogen (secondary N) is 2. The summed E-state index contributed by atoms with van der Waals surface area (Å²) in [6, 6.07) is 5.04. The molecule has 9 heteroatoms. The second-order valence-corrected chi connectivity index (χ2v) is 7.70. The number of thiazole rings is 1. The first-order valence-electron chi connectivity index (χ1n) is 7.98. The van der Waals surface area contributed by atoms with Gasteiger partial charge in [0.25, 0.3) is 0 Å². The lowest BCUT2D eigenvalue weighted by Gasteiger charge is -2.16. The molecule has 1 aromatic carbocycles. The quantitative estimate of drug-likeness (QED) is 0.294. The Morgan fingerprint density at radius 1 is 1.23 bits per heavy atom. The smallest absolute Gasteiger partial charge is 0.191 e. The topological polar surface area (TPSA) is 69.5 Å². The van der Waals surface area contributed by atoms with Crippen LogP contribution < -0.4 is 10.6 Å². The van der Waals surface area contributed by atoms with Crippen molar-refractivity contribution in [2.24, 2.45) is 4.99 Å². The highest BCUT2D eigenvalue weighted by molar-refractivity contribution is 14.0. The van der Waals surface area contributed by atoms with Crippen LogP contribution in [0.2, 0.25) is 10.0 Å². The highest BCUT2D eigenvalue weighted by Gasteiger charge is 2.11. The van der Waals surface area contributed by atoms with Gasteiger partial charge in [0.2, 0.25) is 0 Å². The van der Waals surface area contributed by atoms with E-state index < -0.39 is 6.10 Å². The maximum absolute atomic E-state index is 10.3. The van der Waals surface area contributed by atoms with Gasteiger partial charge in [-0.25, -0.2) is 9.98 Å². The predicted molar refractivity (Wildman–Crippen MR) is 121 cm³/mol. The second kappa shape index (κ2) is 11.3. The van der Waals surface area contributed by atoms with E-state index in [0.717, 1.165) is 22.1 Å². The number of hydrogen-bond acceptors (Lipinski definition) is 4. The lowest BCUT2D eigenvalue weighted by molar-refractivity contribution is 0.181. The van der Waals surface area contributed by atoms with Gasteiger partial charge in [-0.1, -0.05) is 23.2 Å². The fourth-order valence-corrected chi connectivity index (χ4v) is 3.70. The van der Waals surface area contributed by atoms with Gasteiger partial charge < -0.3 is 15.7 Å². The van der Waals surface area contributed by atoms with Crippen LogP contribution >= 0.6 is 58.5 Å². The monoisotopic (exact) mass is 528 g/mol. The predicted octanol–water partition coefficient (Wildman–Crippen LogP) is 4.47. The first-order chi connectivity index (χ1) is 11.9. The van der Waals surface area contributed by atoms with E-state index in [1.807, 2.05) is 20.8 Å². The molecule has 0 bridgehead atoms. The summed E-state index contributed by atoms with van der Waals surface area (Å²) in [5, 5.41) is 18.7. The third-order valence-electron chi connectivity index (χ3n) is 3.46. The van der Waals surface area contributed by atoms with Crippen LogP contribution in [0.4, 0.5) is 0 Å². The molecule has 1 heterocycles. The van der Waals surface area contributed by atoms with Gasteiger partial charge in [-0.15, -0.1) is 35.3 Å². The largest absolute Gasteiger partial charge is 0.387 e. The molecule has 26 heavy (non-hydrogen) atoms. The molecule has 2 aromatic rings. The number of aliphatic hydroxyl groups excluding tert-OH is 1. The molecular weight excluding hydrogens is 506 g/mol. The van der Waals surface area contributed by atoms with Crippen LogP contribution in [0.5, 0.6) is 0 Å². The van der Waals surface area contributed by atoms with E-state index in [1.165, 1.54) is 0 Å². The highest BCUT2D eigenvalue weighted by Crippen LogP contribution is 2.23. The number of aromatic nitrogens is 1. The van der Waals surface area contributed by atoms with Crippen molar-refractivity contribution in [3.05, 3.63) is 49.4 Å². The van der Waals surface area contributed by atoms with Crippen molar-refractivity contribution in [1.29, 1.82) is 0 Å². The molecule has 0 aliphatic rings. The Hall–Kier alpha value is -0.610. The minimum absolute atomic E-state index is 0. The van der Waals surface area contributed by atoms with Crippen LogP contribution in [0, 0.1) is 13.8 Å². The summed E-state index contributed by atoms with van der Waals surface area (Å²) in [6.07, 6.45) is -0.743. The number of aryl methyl sites for hydroxylation is 2. The highest BCUT2D eigenvalue weighted by atomic mass is 127. The number of nitrogens with zero attached hydrogens (tertiary/aromatic N) is 2. The van der Waals surface area contributed by atoms with Crippen LogP contribution in [0.25, 0.3) is 0 Å². The zero-order chi connectivity index (χ0) is 18.4. The van der Waals surface area contributed by atoms with E-state index in [4.69, 9.17) is 23.2 Å². The fraction of sp³-hybridized carbons (Fsp3) is 0.412. The summed E-state index contributed by atoms with van der Waals surface area (Å²) in [5.74, 6) is 0.639. The van der Waals surface area contributed by atoms with Gasteiger partial charge in [0.15, 0.2) is 5.96 Å². The first-order valence-corrected chi connectivity index (χ1v) is 9.55. The number of benzene rings is 1. The van der Waals surface area contributed by atoms with E-state index in [9.17, 15) is 5.11 Å². The molecule has 0 spiro atoms. The van der Waals surface area contributed by atoms with E-state index in [0.29, 0.717) is 34.7 Å². The van der Waals surface area contributed by atoms with E-state index >= 15 is 0 Å². The summed E-state index contributed by atoms with van der Waals surface area (Å²) in [7, 11) is 0. The first kappa shape index (κ1) is 23.4. The minimum Gasteiger partial charge on any atom is -0.387 e. The van der Waals surface area contributed by atoms with Gasteiger partial charge in [-0.05, 0) is 44.5 Å². The minimum atomic E-state index is -0.743. The molecule has 0 saturated heterocycles. The SMILES string of the molecule is CCNC(=NCc1sc(C)nc1C)NCC(O)c1cc(Cl)cc(Cl)c1.I. The molecule has 5 nitrogen and oxygen atoms in total. The number of aliphatic hydroxyl groups is 1. The third-order valence-corrected chi connectivity index (χ3v) is 4.95. The van der Waals surface area contributed by atoms with Crippen LogP contribution in [-0.4, -0.2) is 29.1 Å². The third kappa shape index (κ3) is 7.19. The Bertz CT molecular complexity index is 734. The number of hydrogen-bond donors (Lipinski definition) is 3. The van der Waals surface area contributed by atoms with Gasteiger partial charge in [0, 0.05) is 28.0 Å². The zero-order valence-electron chi connectivity index (χ0n) is 14.8. The van der Waals surface area contributed by atoms with Crippen LogP contribution in [0.3, 0.4) is 0 Å². The van der Waals surface area contributed by atoms with Crippen molar-refractivity contribution in [3.63, 3.8) is 0 Å². The summed E-state index contributed by atoms with van der Waals surface area (Å²) < 4.78 is 0. The molecule has 1 atom stereocenters. The standard InChI is InChI=1S/C17H22Cl2N4OS.HI/c1-4-20-17(22-9-16-10(2)23-11(3)25-16)21-8-15(24)12-5-13(18)7-14(19)6-12;/h5-7,15,24H,4,8-9H2,1-3H3,(H2,20,21,22);1H. The van der Waals surface area contributed by atoms with E-state index in [1.54, 1.807) is 29.5 Å². The average Bonchev–Trinajstić information content (AvgIpc) is 2.86. The normalized spacial score (nSPS) is 12.5. The van der Waals surface area contributed by atoms with Gasteiger partial charge in [-0.3, -0.25) is 0 Å². The lowest BCUT2D eigenvalue weighted by atomic mass is 10.1. The Labute approximate surface area is 185 Å². The van der Waals surface area contributed by atoms with Gasteiger partial charge in [0.05, 0.1) is 23.4 Å². The summed E-state index contributed by atoms with van der Waals surface area (Å²) in [6.45, 7) is 7.54. The van der Waals surface area contributed by atoms with Crippen molar-refractivity contribution in [1.82, 2.24) is 15.6 Å². The molecule has 1 aromatic heterocycles. The second-order valence-electron chi connectivity index (χ2n) is 5.54. The molecular formula is C17H23Cl2IN4OS.